The molecule has 0 aliphatic heterocycles. The molecule has 0 aliphatic rings. The molecule has 1 amide bonds. The van der Waals surface area contributed by atoms with Gasteiger partial charge in [0.05, 0.1) is 17.8 Å². The Hall–Kier alpha value is -3.51. The maximum Gasteiger partial charge on any atom is 0.257 e. The summed E-state index contributed by atoms with van der Waals surface area (Å²) in [7, 11) is 0. The Balaban J connectivity index is 1.87. The maximum absolute atomic E-state index is 12.9. The number of benzene rings is 3. The number of nitrogens with zero attached hydrogens (tertiary/aromatic N) is 1. The number of para-hydroxylation sites is 1. The molecule has 1 N–H and O–H groups in total. The number of hydrogen-bond donors (Lipinski definition) is 1. The number of nitrogens with one attached hydrogen (secondary N) is 1. The fourth-order valence-corrected chi connectivity index (χ4v) is 2.92. The normalized spacial score (nSPS) is 10.1. The molecular weight excluding hydrogens is 332 g/mol. The van der Waals surface area contributed by atoms with Gasteiger partial charge in [-0.2, -0.15) is 0 Å². The fraction of sp³-hybridized carbons (Fsp3) is 0.125. The molecular formula is C24H22N2O. The van der Waals surface area contributed by atoms with Gasteiger partial charge in [-0.05, 0) is 36.8 Å². The average molecular weight is 354 g/mol. The van der Waals surface area contributed by atoms with E-state index in [1.165, 1.54) is 0 Å². The Morgan fingerprint density at radius 1 is 0.963 bits per heavy atom. The van der Waals surface area contributed by atoms with E-state index in [9.17, 15) is 4.79 Å². The number of carbonyl (C=O) groups excluding carboxylic acids is 1. The minimum absolute atomic E-state index is 0.149. The van der Waals surface area contributed by atoms with E-state index in [1.54, 1.807) is 0 Å². The van der Waals surface area contributed by atoms with Crippen molar-refractivity contribution >= 4 is 17.3 Å². The van der Waals surface area contributed by atoms with E-state index in [2.05, 4.69) is 23.4 Å². The Bertz CT molecular complexity index is 940. The second kappa shape index (κ2) is 8.73. The molecule has 3 aromatic rings. The van der Waals surface area contributed by atoms with Crippen molar-refractivity contribution in [1.29, 1.82) is 0 Å². The highest BCUT2D eigenvalue weighted by Gasteiger charge is 2.16. The molecule has 0 radical (unpaired) electrons. The summed E-state index contributed by atoms with van der Waals surface area (Å²) in [6.07, 6.45) is 5.59. The molecule has 0 fully saturated rings. The van der Waals surface area contributed by atoms with Gasteiger partial charge >= 0.3 is 0 Å². The van der Waals surface area contributed by atoms with E-state index in [1.807, 2.05) is 78.6 Å². The summed E-state index contributed by atoms with van der Waals surface area (Å²) in [6, 6.07) is 25.4. The molecule has 3 aromatic carbocycles. The van der Waals surface area contributed by atoms with Gasteiger partial charge in [0.2, 0.25) is 0 Å². The van der Waals surface area contributed by atoms with Crippen molar-refractivity contribution < 1.29 is 4.79 Å². The summed E-state index contributed by atoms with van der Waals surface area (Å²) in [5, 5.41) is 2.97. The quantitative estimate of drug-likeness (QED) is 0.640. The van der Waals surface area contributed by atoms with E-state index < -0.39 is 0 Å². The zero-order chi connectivity index (χ0) is 19.1. The third kappa shape index (κ3) is 4.77. The Labute approximate surface area is 160 Å². The van der Waals surface area contributed by atoms with Gasteiger partial charge in [0.25, 0.3) is 5.91 Å². The van der Waals surface area contributed by atoms with Crippen LogP contribution in [0.3, 0.4) is 0 Å². The molecule has 0 saturated heterocycles. The van der Waals surface area contributed by atoms with Crippen LogP contribution in [0, 0.1) is 19.3 Å². The summed E-state index contributed by atoms with van der Waals surface area (Å²) in [6.45, 7) is 3.08. The predicted molar refractivity (Wildman–Crippen MR) is 112 cm³/mol. The minimum atomic E-state index is -0.149. The van der Waals surface area contributed by atoms with Crippen LogP contribution >= 0.6 is 0 Å². The second-order valence-corrected chi connectivity index (χ2v) is 6.38. The van der Waals surface area contributed by atoms with E-state index in [0.717, 1.165) is 22.5 Å². The highest BCUT2D eigenvalue weighted by molar-refractivity contribution is 6.08. The summed E-state index contributed by atoms with van der Waals surface area (Å²) in [4.78, 5) is 14.9. The number of rotatable bonds is 6. The third-order valence-corrected chi connectivity index (χ3v) is 4.30. The zero-order valence-electron chi connectivity index (χ0n) is 15.4. The number of hydrogen-bond acceptors (Lipinski definition) is 2. The van der Waals surface area contributed by atoms with Gasteiger partial charge in [-0.15, -0.1) is 6.42 Å². The van der Waals surface area contributed by atoms with E-state index in [0.29, 0.717) is 18.7 Å². The maximum atomic E-state index is 12.9. The predicted octanol–water partition coefficient (Wildman–Crippen LogP) is 4.89. The lowest BCUT2D eigenvalue weighted by molar-refractivity contribution is 0.102. The van der Waals surface area contributed by atoms with Crippen molar-refractivity contribution in [2.45, 2.75) is 13.5 Å². The Kier molecular flexibility index (Phi) is 5.91. The van der Waals surface area contributed by atoms with Crippen LogP contribution < -0.4 is 10.2 Å². The number of anilines is 2. The largest absolute Gasteiger partial charge is 0.355 e. The molecule has 134 valence electrons. The van der Waals surface area contributed by atoms with Crippen LogP contribution in [0.4, 0.5) is 11.4 Å². The Morgan fingerprint density at radius 3 is 2.33 bits per heavy atom. The lowest BCUT2D eigenvalue weighted by Crippen LogP contribution is -2.26. The van der Waals surface area contributed by atoms with E-state index >= 15 is 0 Å². The smallest absolute Gasteiger partial charge is 0.257 e. The van der Waals surface area contributed by atoms with Crippen LogP contribution in [-0.2, 0) is 6.54 Å². The molecule has 0 bridgehead atoms. The first kappa shape index (κ1) is 18.3. The van der Waals surface area contributed by atoms with E-state index in [4.69, 9.17) is 6.42 Å². The van der Waals surface area contributed by atoms with Crippen molar-refractivity contribution in [2.75, 3.05) is 16.8 Å². The van der Waals surface area contributed by atoms with Gasteiger partial charge in [-0.25, -0.2) is 0 Å². The van der Waals surface area contributed by atoms with Gasteiger partial charge in [-0.1, -0.05) is 66.1 Å². The SMILES string of the molecule is C#CCN(Cc1ccccc1)c1ccccc1C(=O)Nc1ccc(C)cc1. The molecule has 0 aliphatic carbocycles. The van der Waals surface area contributed by atoms with Gasteiger partial charge in [0.1, 0.15) is 0 Å². The lowest BCUT2D eigenvalue weighted by Gasteiger charge is -2.25. The van der Waals surface area contributed by atoms with Crippen LogP contribution in [0.25, 0.3) is 0 Å². The molecule has 0 heterocycles. The van der Waals surface area contributed by atoms with Crippen LogP contribution in [0.2, 0.25) is 0 Å². The van der Waals surface area contributed by atoms with Crippen LogP contribution in [-0.4, -0.2) is 12.5 Å². The highest BCUT2D eigenvalue weighted by Crippen LogP contribution is 2.23. The van der Waals surface area contributed by atoms with Crippen LogP contribution in [0.5, 0.6) is 0 Å². The lowest BCUT2D eigenvalue weighted by atomic mass is 10.1. The van der Waals surface area contributed by atoms with E-state index in [-0.39, 0.29) is 5.91 Å². The summed E-state index contributed by atoms with van der Waals surface area (Å²) in [5.74, 6) is 2.55. The fourth-order valence-electron chi connectivity index (χ4n) is 2.92. The molecule has 3 rings (SSSR count). The van der Waals surface area contributed by atoms with Crippen molar-refractivity contribution in [3.8, 4) is 12.3 Å². The molecule has 0 unspecified atom stereocenters. The molecule has 0 atom stereocenters. The van der Waals surface area contributed by atoms with Crippen molar-refractivity contribution in [3.63, 3.8) is 0 Å². The summed E-state index contributed by atoms with van der Waals surface area (Å²) >= 11 is 0. The first-order chi connectivity index (χ1) is 13.2. The van der Waals surface area contributed by atoms with Gasteiger partial charge < -0.3 is 10.2 Å². The van der Waals surface area contributed by atoms with Crippen LogP contribution in [0.1, 0.15) is 21.5 Å². The van der Waals surface area contributed by atoms with Gasteiger partial charge in [0, 0.05) is 12.2 Å². The number of aryl methyl sites for hydroxylation is 1. The molecule has 0 saturated carbocycles. The average Bonchev–Trinajstić information content (AvgIpc) is 2.70. The van der Waals surface area contributed by atoms with Crippen molar-refractivity contribution in [1.82, 2.24) is 0 Å². The minimum Gasteiger partial charge on any atom is -0.355 e. The van der Waals surface area contributed by atoms with Gasteiger partial charge in [0.15, 0.2) is 0 Å². The first-order valence-corrected chi connectivity index (χ1v) is 8.87. The topological polar surface area (TPSA) is 32.3 Å². The third-order valence-electron chi connectivity index (χ3n) is 4.30. The number of carbonyl (C=O) groups is 1. The van der Waals surface area contributed by atoms with Crippen molar-refractivity contribution in [3.05, 3.63) is 95.6 Å². The molecule has 0 aromatic heterocycles. The van der Waals surface area contributed by atoms with Crippen LogP contribution in [0.15, 0.2) is 78.9 Å². The monoisotopic (exact) mass is 354 g/mol. The zero-order valence-corrected chi connectivity index (χ0v) is 15.4. The standard InChI is InChI=1S/C24H22N2O/c1-3-17-26(18-20-9-5-4-6-10-20)23-12-8-7-11-22(23)24(27)25-21-15-13-19(2)14-16-21/h1,4-16H,17-18H2,2H3,(H,25,27). The van der Waals surface area contributed by atoms with Gasteiger partial charge in [-0.3, -0.25) is 4.79 Å². The Morgan fingerprint density at radius 2 is 1.63 bits per heavy atom. The second-order valence-electron chi connectivity index (χ2n) is 6.38. The highest BCUT2D eigenvalue weighted by atomic mass is 16.1. The molecule has 3 heteroatoms. The first-order valence-electron chi connectivity index (χ1n) is 8.87. The summed E-state index contributed by atoms with van der Waals surface area (Å²) < 4.78 is 0. The molecule has 3 nitrogen and oxygen atoms in total. The van der Waals surface area contributed by atoms with Crippen molar-refractivity contribution in [2.24, 2.45) is 0 Å². The number of amides is 1. The molecule has 27 heavy (non-hydrogen) atoms. The molecule has 0 spiro atoms. The summed E-state index contributed by atoms with van der Waals surface area (Å²) in [5.41, 5.74) is 4.48. The number of terminal acetylenes is 1.